The molecule has 0 saturated heterocycles. The summed E-state index contributed by atoms with van der Waals surface area (Å²) in [4.78, 5) is 0. The normalized spacial score (nSPS) is 26.7. The molecule has 0 radical (unpaired) electrons. The van der Waals surface area contributed by atoms with Crippen LogP contribution in [0.4, 0.5) is 0 Å². The summed E-state index contributed by atoms with van der Waals surface area (Å²) in [6.07, 6.45) is 4.73. The Labute approximate surface area is 109 Å². The molecule has 1 heterocycles. The van der Waals surface area contributed by atoms with E-state index >= 15 is 0 Å². The number of benzene rings is 1. The van der Waals surface area contributed by atoms with Crippen molar-refractivity contribution in [3.05, 3.63) is 41.5 Å². The highest BCUT2D eigenvalue weighted by atomic mass is 16.5. The van der Waals surface area contributed by atoms with Gasteiger partial charge >= 0.3 is 0 Å². The number of hydrogen-bond acceptors (Lipinski definition) is 2. The second kappa shape index (κ2) is 4.77. The summed E-state index contributed by atoms with van der Waals surface area (Å²) >= 11 is 0. The van der Waals surface area contributed by atoms with Crippen LogP contribution in [0.5, 0.6) is 5.75 Å². The number of rotatable bonds is 2. The van der Waals surface area contributed by atoms with Crippen LogP contribution in [-0.4, -0.2) is 11.2 Å². The van der Waals surface area contributed by atoms with Crippen LogP contribution >= 0.6 is 0 Å². The van der Waals surface area contributed by atoms with Crippen molar-refractivity contribution in [2.75, 3.05) is 0 Å². The minimum Gasteiger partial charge on any atom is -0.486 e. The molecule has 0 aliphatic carbocycles. The molecular weight excluding hydrogens is 224 g/mol. The van der Waals surface area contributed by atoms with Gasteiger partial charge in [0.1, 0.15) is 17.5 Å². The van der Waals surface area contributed by atoms with Crippen LogP contribution in [0.25, 0.3) is 0 Å². The second-order valence-electron chi connectivity index (χ2n) is 5.48. The molecule has 2 atom stereocenters. The lowest BCUT2D eigenvalue weighted by Crippen LogP contribution is -2.17. The molecule has 1 aromatic rings. The summed E-state index contributed by atoms with van der Waals surface area (Å²) in [5.74, 6) is 1.27. The predicted molar refractivity (Wildman–Crippen MR) is 73.9 cm³/mol. The van der Waals surface area contributed by atoms with Crippen LogP contribution < -0.4 is 4.74 Å². The van der Waals surface area contributed by atoms with Gasteiger partial charge < -0.3 is 9.84 Å². The SMILES string of the molecule is CCC1C=CC(C)(O)c2ccc(C(C)C)cc2O1. The smallest absolute Gasteiger partial charge is 0.126 e. The maximum absolute atomic E-state index is 10.5. The standard InChI is InChI=1S/C16H22O2/c1-5-13-8-9-16(4,17)14-7-6-12(11(2)3)10-15(14)18-13/h6-11,13,17H,5H2,1-4H3. The molecule has 0 bridgehead atoms. The van der Waals surface area contributed by atoms with Crippen LogP contribution in [-0.2, 0) is 5.60 Å². The first-order valence-electron chi connectivity index (χ1n) is 6.67. The highest BCUT2D eigenvalue weighted by Gasteiger charge is 2.28. The monoisotopic (exact) mass is 246 g/mol. The van der Waals surface area contributed by atoms with Crippen LogP contribution in [0, 0.1) is 0 Å². The van der Waals surface area contributed by atoms with Gasteiger partial charge in [0.25, 0.3) is 0 Å². The van der Waals surface area contributed by atoms with E-state index in [9.17, 15) is 5.11 Å². The molecule has 0 fully saturated rings. The van der Waals surface area contributed by atoms with Gasteiger partial charge in [-0.3, -0.25) is 0 Å². The van der Waals surface area contributed by atoms with Crippen molar-refractivity contribution in [3.63, 3.8) is 0 Å². The summed E-state index contributed by atoms with van der Waals surface area (Å²) in [7, 11) is 0. The molecular formula is C16H22O2. The van der Waals surface area contributed by atoms with E-state index < -0.39 is 5.60 Å². The van der Waals surface area contributed by atoms with Gasteiger partial charge in [-0.2, -0.15) is 0 Å². The van der Waals surface area contributed by atoms with Gasteiger partial charge in [-0.05, 0) is 43.0 Å². The maximum Gasteiger partial charge on any atom is 0.126 e. The summed E-state index contributed by atoms with van der Waals surface area (Å²) in [6, 6.07) is 6.11. The van der Waals surface area contributed by atoms with Gasteiger partial charge in [0.15, 0.2) is 0 Å². The Bertz CT molecular complexity index is 458. The van der Waals surface area contributed by atoms with Crippen molar-refractivity contribution in [1.29, 1.82) is 0 Å². The minimum atomic E-state index is -0.950. The molecule has 0 spiro atoms. The average molecular weight is 246 g/mol. The molecule has 0 saturated carbocycles. The lowest BCUT2D eigenvalue weighted by atomic mass is 9.92. The first kappa shape index (κ1) is 13.2. The first-order chi connectivity index (χ1) is 8.44. The van der Waals surface area contributed by atoms with E-state index in [0.717, 1.165) is 17.7 Å². The van der Waals surface area contributed by atoms with Crippen LogP contribution in [0.1, 0.15) is 51.2 Å². The van der Waals surface area contributed by atoms with E-state index in [1.165, 1.54) is 5.56 Å². The van der Waals surface area contributed by atoms with Crippen LogP contribution in [0.3, 0.4) is 0 Å². The largest absolute Gasteiger partial charge is 0.486 e. The Hall–Kier alpha value is -1.28. The van der Waals surface area contributed by atoms with Gasteiger partial charge in [-0.1, -0.05) is 32.9 Å². The van der Waals surface area contributed by atoms with E-state index in [4.69, 9.17) is 4.74 Å². The summed E-state index contributed by atoms with van der Waals surface area (Å²) in [5.41, 5.74) is 1.13. The quantitative estimate of drug-likeness (QED) is 0.805. The molecule has 0 amide bonds. The van der Waals surface area contributed by atoms with Crippen molar-refractivity contribution in [2.45, 2.75) is 51.7 Å². The molecule has 98 valence electrons. The van der Waals surface area contributed by atoms with E-state index in [1.54, 1.807) is 6.92 Å². The zero-order valence-corrected chi connectivity index (χ0v) is 11.6. The van der Waals surface area contributed by atoms with Gasteiger partial charge in [0.2, 0.25) is 0 Å². The molecule has 2 rings (SSSR count). The molecule has 2 unspecified atom stereocenters. The van der Waals surface area contributed by atoms with E-state index in [-0.39, 0.29) is 6.10 Å². The highest BCUT2D eigenvalue weighted by Crippen LogP contribution is 2.36. The Morgan fingerprint density at radius 2 is 2.11 bits per heavy atom. The Kier molecular flexibility index (Phi) is 3.49. The van der Waals surface area contributed by atoms with Crippen molar-refractivity contribution >= 4 is 0 Å². The van der Waals surface area contributed by atoms with Crippen molar-refractivity contribution in [1.82, 2.24) is 0 Å². The molecule has 1 aromatic carbocycles. The Morgan fingerprint density at radius 3 is 2.72 bits per heavy atom. The number of ether oxygens (including phenoxy) is 1. The zero-order valence-electron chi connectivity index (χ0n) is 11.6. The zero-order chi connectivity index (χ0) is 13.3. The third-order valence-electron chi connectivity index (χ3n) is 3.53. The third-order valence-corrected chi connectivity index (χ3v) is 3.53. The maximum atomic E-state index is 10.5. The van der Waals surface area contributed by atoms with Gasteiger partial charge in [-0.25, -0.2) is 0 Å². The first-order valence-corrected chi connectivity index (χ1v) is 6.67. The molecule has 2 nitrogen and oxygen atoms in total. The minimum absolute atomic E-state index is 0.0418. The lowest BCUT2D eigenvalue weighted by Gasteiger charge is -2.22. The van der Waals surface area contributed by atoms with Crippen LogP contribution in [0.15, 0.2) is 30.4 Å². The van der Waals surface area contributed by atoms with Crippen molar-refractivity contribution in [2.24, 2.45) is 0 Å². The summed E-state index contributed by atoms with van der Waals surface area (Å²) in [5, 5.41) is 10.5. The van der Waals surface area contributed by atoms with Crippen LogP contribution in [0.2, 0.25) is 0 Å². The molecule has 0 aromatic heterocycles. The average Bonchev–Trinajstić information content (AvgIpc) is 2.45. The molecule has 1 aliphatic rings. The van der Waals surface area contributed by atoms with Crippen molar-refractivity contribution in [3.8, 4) is 5.75 Å². The van der Waals surface area contributed by atoms with Gasteiger partial charge in [0.05, 0.1) is 0 Å². The number of aliphatic hydroxyl groups is 1. The van der Waals surface area contributed by atoms with E-state index in [1.807, 2.05) is 18.2 Å². The highest BCUT2D eigenvalue weighted by molar-refractivity contribution is 5.45. The topological polar surface area (TPSA) is 29.5 Å². The predicted octanol–water partition coefficient (Wildman–Crippen LogP) is 3.74. The fraction of sp³-hybridized carbons (Fsp3) is 0.500. The summed E-state index contributed by atoms with van der Waals surface area (Å²) < 4.78 is 5.99. The Morgan fingerprint density at radius 1 is 1.39 bits per heavy atom. The fourth-order valence-corrected chi connectivity index (χ4v) is 2.22. The molecule has 2 heteroatoms. The van der Waals surface area contributed by atoms with E-state index in [0.29, 0.717) is 5.92 Å². The summed E-state index contributed by atoms with van der Waals surface area (Å²) in [6.45, 7) is 8.21. The number of hydrogen-bond donors (Lipinski definition) is 1. The third kappa shape index (κ3) is 2.44. The number of fused-ring (bicyclic) bond motifs is 1. The van der Waals surface area contributed by atoms with E-state index in [2.05, 4.69) is 32.9 Å². The lowest BCUT2D eigenvalue weighted by molar-refractivity contribution is 0.109. The Balaban J connectivity index is 2.49. The fourth-order valence-electron chi connectivity index (χ4n) is 2.22. The van der Waals surface area contributed by atoms with Gasteiger partial charge in [-0.15, -0.1) is 0 Å². The molecule has 1 N–H and O–H groups in total. The molecule has 18 heavy (non-hydrogen) atoms. The second-order valence-corrected chi connectivity index (χ2v) is 5.48. The van der Waals surface area contributed by atoms with Crippen molar-refractivity contribution < 1.29 is 9.84 Å². The molecule has 1 aliphatic heterocycles. The van der Waals surface area contributed by atoms with Gasteiger partial charge in [0, 0.05) is 5.56 Å².